The average Bonchev–Trinajstić information content (AvgIpc) is 1.86. The lowest BCUT2D eigenvalue weighted by molar-refractivity contribution is 0.205. The third-order valence-corrected chi connectivity index (χ3v) is 4.43. The van der Waals surface area contributed by atoms with Gasteiger partial charge < -0.3 is 4.74 Å². The molecular weight excluding hydrogens is 191 g/mol. The van der Waals surface area contributed by atoms with E-state index < -0.39 is 23.0 Å². The second-order valence-electron chi connectivity index (χ2n) is 1.84. The Balaban J connectivity index is 4.56. The highest BCUT2D eigenvalue weighted by Gasteiger charge is 2.41. The zero-order valence-electron chi connectivity index (χ0n) is 6.47. The van der Waals surface area contributed by atoms with Crippen molar-refractivity contribution >= 4 is 17.9 Å². The largest absolute Gasteiger partial charge is 0.557 e. The van der Waals surface area contributed by atoms with Gasteiger partial charge >= 0.3 is 13.2 Å². The first-order valence-corrected chi connectivity index (χ1v) is 5.85. The number of ether oxygens (including phenoxy) is 1. The highest BCUT2D eigenvalue weighted by molar-refractivity contribution is 7.96. The third kappa shape index (κ3) is 3.25. The van der Waals surface area contributed by atoms with Gasteiger partial charge in [0.1, 0.15) is 0 Å². The maximum absolute atomic E-state index is 10.8. The molecule has 0 bridgehead atoms. The highest BCUT2D eigenvalue weighted by Crippen LogP contribution is 2.31. The predicted molar refractivity (Wildman–Crippen MR) is 40.3 cm³/mol. The molecule has 0 saturated carbocycles. The number of hydrogen-bond acceptors (Lipinski definition) is 5. The summed E-state index contributed by atoms with van der Waals surface area (Å²) < 4.78 is 41.2. The van der Waals surface area contributed by atoms with Gasteiger partial charge in [0, 0.05) is 13.4 Å². The molecule has 0 aliphatic rings. The predicted octanol–water partition coefficient (Wildman–Crippen LogP) is 0.350. The van der Waals surface area contributed by atoms with Crippen LogP contribution in [0.25, 0.3) is 0 Å². The molecule has 0 fully saturated rings. The van der Waals surface area contributed by atoms with Crippen molar-refractivity contribution < 1.29 is 22.2 Å². The molecule has 0 N–H and O–H groups in total. The fourth-order valence-electron chi connectivity index (χ4n) is 0.503. The highest BCUT2D eigenvalue weighted by atomic mass is 32.2. The van der Waals surface area contributed by atoms with Gasteiger partial charge in [0.05, 0.1) is 7.11 Å². The van der Waals surface area contributed by atoms with Crippen molar-refractivity contribution in [1.82, 2.24) is 0 Å². The van der Waals surface area contributed by atoms with Crippen molar-refractivity contribution in [3.63, 3.8) is 0 Å². The lowest BCUT2D eigenvalue weighted by atomic mass is 11.5. The lowest BCUT2D eigenvalue weighted by Crippen LogP contribution is -2.18. The molecule has 0 amide bonds. The smallest absolute Gasteiger partial charge is 0.324 e. The van der Waals surface area contributed by atoms with E-state index in [1.54, 1.807) is 0 Å². The van der Waals surface area contributed by atoms with Crippen LogP contribution in [-0.4, -0.2) is 34.1 Å². The molecule has 0 heterocycles. The van der Waals surface area contributed by atoms with E-state index in [2.05, 4.69) is 9.26 Å². The first-order chi connectivity index (χ1) is 4.93. The molecule has 11 heavy (non-hydrogen) atoms. The Hall–Kier alpha value is -0.0300. The van der Waals surface area contributed by atoms with Crippen LogP contribution in [0.1, 0.15) is 0 Å². The van der Waals surface area contributed by atoms with E-state index in [1.165, 1.54) is 0 Å². The Morgan fingerprint density at radius 3 is 1.91 bits per heavy atom. The molecule has 0 aliphatic carbocycles. The van der Waals surface area contributed by atoms with E-state index in [0.29, 0.717) is 0 Å². The Morgan fingerprint density at radius 1 is 1.36 bits per heavy atom. The maximum atomic E-state index is 10.8. The molecule has 66 valence electrons. The van der Waals surface area contributed by atoms with Crippen LogP contribution in [0.4, 0.5) is 0 Å². The quantitative estimate of drug-likeness (QED) is 0.614. The summed E-state index contributed by atoms with van der Waals surface area (Å²) in [5, 5.41) is -1.36. The molecule has 0 aromatic rings. The second kappa shape index (κ2) is 4.11. The standard InChI is InChI=1S/C4H10O5PS/c1-8-4(10(5)9-2)11(3,6)7/h4H,1-3H3/q+1. The molecule has 2 atom stereocenters. The van der Waals surface area contributed by atoms with Crippen LogP contribution in [0.2, 0.25) is 0 Å². The van der Waals surface area contributed by atoms with Gasteiger partial charge in [-0.15, -0.1) is 4.52 Å². The maximum Gasteiger partial charge on any atom is 0.557 e. The fraction of sp³-hybridized carbons (Fsp3) is 1.00. The van der Waals surface area contributed by atoms with E-state index >= 15 is 0 Å². The van der Waals surface area contributed by atoms with E-state index in [-0.39, 0.29) is 0 Å². The van der Waals surface area contributed by atoms with Crippen LogP contribution in [0.5, 0.6) is 0 Å². The number of methoxy groups -OCH3 is 1. The molecule has 0 aromatic carbocycles. The Morgan fingerprint density at radius 2 is 1.82 bits per heavy atom. The normalized spacial score (nSPS) is 16.1. The Bertz CT molecular complexity index is 233. The van der Waals surface area contributed by atoms with Crippen molar-refractivity contribution in [2.45, 2.75) is 5.18 Å². The summed E-state index contributed by atoms with van der Waals surface area (Å²) in [5.74, 6) is 0. The van der Waals surface area contributed by atoms with Crippen molar-refractivity contribution in [2.24, 2.45) is 0 Å². The van der Waals surface area contributed by atoms with E-state index in [9.17, 15) is 13.0 Å². The van der Waals surface area contributed by atoms with E-state index in [1.807, 2.05) is 0 Å². The summed E-state index contributed by atoms with van der Waals surface area (Å²) in [6.07, 6.45) is 0.938. The monoisotopic (exact) mass is 201 g/mol. The van der Waals surface area contributed by atoms with Crippen LogP contribution >= 0.6 is 8.03 Å². The van der Waals surface area contributed by atoms with Gasteiger partial charge in [0.15, 0.2) is 0 Å². The summed E-state index contributed by atoms with van der Waals surface area (Å²) in [4.78, 5) is 0. The number of rotatable bonds is 4. The van der Waals surface area contributed by atoms with Crippen LogP contribution in [0.15, 0.2) is 0 Å². The third-order valence-electron chi connectivity index (χ3n) is 0.920. The van der Waals surface area contributed by atoms with Gasteiger partial charge in [0.2, 0.25) is 9.84 Å². The van der Waals surface area contributed by atoms with Crippen molar-refractivity contribution in [1.29, 1.82) is 0 Å². The van der Waals surface area contributed by atoms with Gasteiger partial charge in [-0.05, 0) is 4.57 Å². The van der Waals surface area contributed by atoms with E-state index in [4.69, 9.17) is 0 Å². The first-order valence-electron chi connectivity index (χ1n) is 2.65. The second-order valence-corrected chi connectivity index (χ2v) is 5.68. The number of hydrogen-bond donors (Lipinski definition) is 0. The van der Waals surface area contributed by atoms with E-state index in [0.717, 1.165) is 20.5 Å². The Labute approximate surface area is 66.5 Å². The van der Waals surface area contributed by atoms with Crippen molar-refractivity contribution in [3.05, 3.63) is 0 Å². The molecule has 0 rings (SSSR count). The van der Waals surface area contributed by atoms with Crippen LogP contribution in [0, 0.1) is 0 Å². The lowest BCUT2D eigenvalue weighted by Gasteiger charge is -1.98. The summed E-state index contributed by atoms with van der Waals surface area (Å²) in [7, 11) is -3.42. The SMILES string of the molecule is COC([P+](=O)OC)S(C)(=O)=O. The molecule has 2 unspecified atom stereocenters. The molecule has 0 aliphatic heterocycles. The number of sulfone groups is 1. The molecule has 5 nitrogen and oxygen atoms in total. The molecule has 0 spiro atoms. The molecule has 7 heteroatoms. The average molecular weight is 201 g/mol. The Kier molecular flexibility index (Phi) is 4.10. The molecule has 0 aromatic heterocycles. The molecule has 0 saturated heterocycles. The molecular formula is C4H10O5PS+. The minimum atomic E-state index is -3.46. The summed E-state index contributed by atoms with van der Waals surface area (Å²) in [6, 6.07) is 0. The van der Waals surface area contributed by atoms with Crippen LogP contribution in [0.3, 0.4) is 0 Å². The van der Waals surface area contributed by atoms with Gasteiger partial charge in [0.25, 0.3) is 0 Å². The van der Waals surface area contributed by atoms with Crippen LogP contribution < -0.4 is 0 Å². The minimum absolute atomic E-state index is 0.938. The topological polar surface area (TPSA) is 69.7 Å². The zero-order chi connectivity index (χ0) is 9.07. The van der Waals surface area contributed by atoms with Gasteiger partial charge in [-0.3, -0.25) is 0 Å². The van der Waals surface area contributed by atoms with Crippen molar-refractivity contribution in [3.8, 4) is 0 Å². The summed E-state index contributed by atoms with van der Waals surface area (Å²) >= 11 is 0. The minimum Gasteiger partial charge on any atom is -0.324 e. The van der Waals surface area contributed by atoms with Gasteiger partial charge in [-0.1, -0.05) is 0 Å². The van der Waals surface area contributed by atoms with Gasteiger partial charge in [-0.2, -0.15) is 0 Å². The summed E-state index contributed by atoms with van der Waals surface area (Å²) in [5.41, 5.74) is 0. The first kappa shape index (κ1) is 11.0. The fourth-order valence-corrected chi connectivity index (χ4v) is 2.71. The summed E-state index contributed by atoms with van der Waals surface area (Å²) in [6.45, 7) is 0. The van der Waals surface area contributed by atoms with Gasteiger partial charge in [-0.25, -0.2) is 8.42 Å². The van der Waals surface area contributed by atoms with Crippen molar-refractivity contribution in [2.75, 3.05) is 20.5 Å². The van der Waals surface area contributed by atoms with Crippen LogP contribution in [-0.2, 0) is 23.7 Å². The molecule has 0 radical (unpaired) electrons. The zero-order valence-corrected chi connectivity index (χ0v) is 8.18.